The molecule has 0 saturated carbocycles. The van der Waals surface area contributed by atoms with Crippen LogP contribution in [0.1, 0.15) is 0 Å². The lowest BCUT2D eigenvalue weighted by atomic mass is 9.86. The van der Waals surface area contributed by atoms with Crippen LogP contribution in [0.25, 0.3) is 144 Å². The van der Waals surface area contributed by atoms with E-state index in [1.807, 2.05) is 104 Å². The Balaban J connectivity index is 0.870. The van der Waals surface area contributed by atoms with Gasteiger partial charge < -0.3 is 4.74 Å². The minimum absolute atomic E-state index is 0.381. The van der Waals surface area contributed by atoms with Crippen LogP contribution in [-0.2, 0) is 0 Å². The number of ether oxygens (including phenoxy) is 1. The van der Waals surface area contributed by atoms with E-state index in [-0.39, 0.29) is 0 Å². The highest BCUT2D eigenvalue weighted by Crippen LogP contribution is 2.45. The van der Waals surface area contributed by atoms with Gasteiger partial charge in [0.05, 0.1) is 22.6 Å². The first-order valence-electron chi connectivity index (χ1n) is 28.5. The van der Waals surface area contributed by atoms with E-state index < -0.39 is 0 Å². The van der Waals surface area contributed by atoms with Crippen molar-refractivity contribution in [2.24, 2.45) is 0 Å². The summed E-state index contributed by atoms with van der Waals surface area (Å²) in [7, 11) is 0. The summed E-state index contributed by atoms with van der Waals surface area (Å²) in [6.45, 7) is 0. The highest BCUT2D eigenvalue weighted by atomic mass is 16.5. The molecule has 0 unspecified atom stereocenters. The summed E-state index contributed by atoms with van der Waals surface area (Å²) in [6.07, 6.45) is 5.86. The second-order valence-corrected chi connectivity index (χ2v) is 21.1. The minimum Gasteiger partial charge on any atom is -0.420 e. The zero-order valence-electron chi connectivity index (χ0n) is 46.1. The molecule has 0 bridgehead atoms. The topological polar surface area (TPSA) is 73.7 Å². The van der Waals surface area contributed by atoms with Crippen LogP contribution in [0.2, 0.25) is 0 Å². The number of rotatable bonds is 12. The molecule has 85 heavy (non-hydrogen) atoms. The second-order valence-electron chi connectivity index (χ2n) is 21.1. The summed E-state index contributed by atoms with van der Waals surface area (Å²) in [4.78, 5) is 25.5. The van der Waals surface area contributed by atoms with Crippen molar-refractivity contribution in [3.05, 3.63) is 310 Å². The average Bonchev–Trinajstić information content (AvgIpc) is 3.70. The van der Waals surface area contributed by atoms with Crippen LogP contribution in [0.15, 0.2) is 310 Å². The lowest BCUT2D eigenvalue weighted by Gasteiger charge is -2.18. The Kier molecular flexibility index (Phi) is 13.1. The molecule has 0 aliphatic carbocycles. The SMILES string of the molecule is c1ccc(-c2ccc(-c3ccccc3-c3cc(-c4ccccc4-c4ccc(-c5ccccc5)nc4)cc(-c4ccccc4-c4cnc(-c5ccccc5)nc4Oc4cccc(-c5ccc6c7ccccc7c7ccccc7c6c5)n4)c3)cn2)cc1. The van der Waals surface area contributed by atoms with E-state index in [1.165, 1.54) is 32.3 Å². The first kappa shape index (κ1) is 50.5. The first-order valence-corrected chi connectivity index (χ1v) is 28.5. The summed E-state index contributed by atoms with van der Waals surface area (Å²) in [6, 6.07) is 102. The van der Waals surface area contributed by atoms with E-state index in [0.717, 1.165) is 101 Å². The van der Waals surface area contributed by atoms with Gasteiger partial charge in [-0.2, -0.15) is 4.98 Å². The molecular formula is C79H51N5O. The largest absolute Gasteiger partial charge is 0.420 e. The summed E-state index contributed by atoms with van der Waals surface area (Å²) < 4.78 is 7.01. The number of fused-ring (bicyclic) bond motifs is 6. The zero-order valence-corrected chi connectivity index (χ0v) is 46.1. The quantitative estimate of drug-likeness (QED) is 0.114. The standard InChI is InChI=1S/C79H51N5O/c1-4-21-52(22-5-1)74-43-40-56(49-80-74)61-27-10-12-29-63(61)58-45-59(64-30-13-11-28-62(64)57-41-44-75(81-50-57)53-23-6-2-7-24-53)47-60(46-58)65-31-14-15-32-66(65)73-51-82-78(54-25-8-3-9-26-54)84-79(73)85-77-38-20-37-76(83-77)55-39-42-71-69-35-17-16-33-67(69)68-34-18-19-36-70(68)72(71)48-55/h1-51H. The lowest BCUT2D eigenvalue weighted by Crippen LogP contribution is -1.99. The van der Waals surface area contributed by atoms with E-state index in [4.69, 9.17) is 29.7 Å². The van der Waals surface area contributed by atoms with Crippen molar-refractivity contribution in [1.29, 1.82) is 0 Å². The van der Waals surface area contributed by atoms with E-state index in [2.05, 4.69) is 206 Å². The Morgan fingerprint density at radius 1 is 0.212 bits per heavy atom. The summed E-state index contributed by atoms with van der Waals surface area (Å²) >= 11 is 0. The molecule has 15 rings (SSSR count). The molecule has 0 N–H and O–H groups in total. The van der Waals surface area contributed by atoms with E-state index in [9.17, 15) is 0 Å². The summed E-state index contributed by atoms with van der Waals surface area (Å²) in [5.74, 6) is 1.33. The summed E-state index contributed by atoms with van der Waals surface area (Å²) in [5, 5.41) is 7.26. The molecule has 6 nitrogen and oxygen atoms in total. The third kappa shape index (κ3) is 9.84. The van der Waals surface area contributed by atoms with Gasteiger partial charge in [-0.1, -0.05) is 243 Å². The number of aromatic nitrogens is 5. The molecule has 4 heterocycles. The maximum atomic E-state index is 7.01. The van der Waals surface area contributed by atoms with Crippen molar-refractivity contribution < 1.29 is 4.74 Å². The Hall–Kier alpha value is -11.5. The van der Waals surface area contributed by atoms with Crippen LogP contribution in [0.4, 0.5) is 0 Å². The fourth-order valence-corrected chi connectivity index (χ4v) is 11.9. The van der Waals surface area contributed by atoms with Gasteiger partial charge in [0.1, 0.15) is 0 Å². The minimum atomic E-state index is 0.381. The smallest absolute Gasteiger partial charge is 0.232 e. The highest BCUT2D eigenvalue weighted by molar-refractivity contribution is 6.25. The Bertz CT molecular complexity index is 4770. The molecule has 4 aromatic heterocycles. The van der Waals surface area contributed by atoms with Crippen LogP contribution in [0.3, 0.4) is 0 Å². The predicted octanol–water partition coefficient (Wildman–Crippen LogP) is 20.6. The van der Waals surface area contributed by atoms with Crippen LogP contribution in [0.5, 0.6) is 11.8 Å². The third-order valence-corrected chi connectivity index (χ3v) is 16.0. The third-order valence-electron chi connectivity index (χ3n) is 16.0. The van der Waals surface area contributed by atoms with E-state index in [0.29, 0.717) is 23.1 Å². The molecule has 0 radical (unpaired) electrons. The van der Waals surface area contributed by atoms with Crippen molar-refractivity contribution >= 4 is 32.3 Å². The van der Waals surface area contributed by atoms with Gasteiger partial charge >= 0.3 is 0 Å². The van der Waals surface area contributed by atoms with Crippen molar-refractivity contribution in [3.8, 4) is 124 Å². The predicted molar refractivity (Wildman–Crippen MR) is 349 cm³/mol. The second kappa shape index (κ2) is 22.1. The van der Waals surface area contributed by atoms with Gasteiger partial charge in [-0.05, 0) is 125 Å². The zero-order chi connectivity index (χ0) is 56.5. The monoisotopic (exact) mass is 1090 g/mol. The fourth-order valence-electron chi connectivity index (χ4n) is 11.9. The van der Waals surface area contributed by atoms with Gasteiger partial charge in [0, 0.05) is 58.0 Å². The molecule has 0 atom stereocenters. The Labute approximate surface area is 492 Å². The highest BCUT2D eigenvalue weighted by Gasteiger charge is 2.21. The van der Waals surface area contributed by atoms with Crippen molar-refractivity contribution in [3.63, 3.8) is 0 Å². The fraction of sp³-hybridized carbons (Fsp3) is 0. The number of hydrogen-bond acceptors (Lipinski definition) is 6. The molecule has 398 valence electrons. The lowest BCUT2D eigenvalue weighted by molar-refractivity contribution is 0.446. The molecule has 6 heteroatoms. The summed E-state index contributed by atoms with van der Waals surface area (Å²) in [5.41, 5.74) is 18.6. The van der Waals surface area contributed by atoms with Crippen molar-refractivity contribution in [1.82, 2.24) is 24.9 Å². The van der Waals surface area contributed by atoms with Crippen LogP contribution in [0, 0.1) is 0 Å². The average molecular weight is 1090 g/mol. The van der Waals surface area contributed by atoms with Crippen LogP contribution < -0.4 is 4.74 Å². The molecule has 0 fully saturated rings. The molecule has 0 aliphatic heterocycles. The van der Waals surface area contributed by atoms with Gasteiger partial charge in [-0.25, -0.2) is 9.97 Å². The van der Waals surface area contributed by atoms with Gasteiger partial charge in [-0.3, -0.25) is 9.97 Å². The molecule has 0 aliphatic rings. The maximum absolute atomic E-state index is 7.01. The van der Waals surface area contributed by atoms with Crippen LogP contribution in [-0.4, -0.2) is 24.9 Å². The number of hydrogen-bond donors (Lipinski definition) is 0. The van der Waals surface area contributed by atoms with Gasteiger partial charge in [0.2, 0.25) is 11.8 Å². The number of pyridine rings is 3. The first-order chi connectivity index (χ1) is 42.1. The van der Waals surface area contributed by atoms with Gasteiger partial charge in [0.15, 0.2) is 5.82 Å². The van der Waals surface area contributed by atoms with Crippen LogP contribution >= 0.6 is 0 Å². The Morgan fingerprint density at radius 2 is 0.624 bits per heavy atom. The Morgan fingerprint density at radius 3 is 1.12 bits per heavy atom. The molecular weight excluding hydrogens is 1030 g/mol. The van der Waals surface area contributed by atoms with E-state index >= 15 is 0 Å². The van der Waals surface area contributed by atoms with Crippen molar-refractivity contribution in [2.75, 3.05) is 0 Å². The normalized spacial score (nSPS) is 11.3. The van der Waals surface area contributed by atoms with Gasteiger partial charge in [-0.15, -0.1) is 0 Å². The number of benzene rings is 11. The molecule has 0 saturated heterocycles. The molecule has 0 spiro atoms. The molecule has 11 aromatic carbocycles. The van der Waals surface area contributed by atoms with E-state index in [1.54, 1.807) is 0 Å². The molecule has 15 aromatic rings. The maximum Gasteiger partial charge on any atom is 0.232 e. The number of nitrogens with zero attached hydrogens (tertiary/aromatic N) is 5. The van der Waals surface area contributed by atoms with Crippen molar-refractivity contribution in [2.45, 2.75) is 0 Å². The molecule has 0 amide bonds. The van der Waals surface area contributed by atoms with Gasteiger partial charge in [0.25, 0.3) is 0 Å².